The number of carbonyl (C=O) groups is 1. The molecule has 0 aromatic carbocycles. The highest BCUT2D eigenvalue weighted by Crippen LogP contribution is 2.31. The largest absolute Gasteiger partial charge is 0.475 e. The summed E-state index contributed by atoms with van der Waals surface area (Å²) in [6.07, 6.45) is 0. The molecule has 1 aromatic rings. The highest BCUT2D eigenvalue weighted by atomic mass is 16.4. The molecule has 0 bridgehead atoms. The summed E-state index contributed by atoms with van der Waals surface area (Å²) in [5.41, 5.74) is 1.44. The first-order valence-corrected chi connectivity index (χ1v) is 5.37. The highest BCUT2D eigenvalue weighted by Gasteiger charge is 2.30. The minimum Gasteiger partial charge on any atom is -0.475 e. The fourth-order valence-electron chi connectivity index (χ4n) is 1.56. The minimum absolute atomic E-state index is 0.0230. The zero-order chi connectivity index (χ0) is 12.7. The van der Waals surface area contributed by atoms with E-state index in [-0.39, 0.29) is 16.7 Å². The maximum Gasteiger partial charge on any atom is 0.371 e. The molecule has 1 aromatic heterocycles. The molecule has 90 valence electrons. The molecule has 4 heteroatoms. The molecule has 0 fully saturated rings. The average molecular weight is 224 g/mol. The normalized spacial score (nSPS) is 12.9. The van der Waals surface area contributed by atoms with Crippen molar-refractivity contribution >= 4 is 5.97 Å². The van der Waals surface area contributed by atoms with Crippen LogP contribution in [0.5, 0.6) is 0 Å². The second kappa shape index (κ2) is 3.61. The topological polar surface area (TPSA) is 66.0 Å². The summed E-state index contributed by atoms with van der Waals surface area (Å²) in [5.74, 6) is -0.990. The van der Waals surface area contributed by atoms with Crippen LogP contribution in [-0.2, 0) is 10.8 Å². The lowest BCUT2D eigenvalue weighted by Crippen LogP contribution is -2.21. The van der Waals surface area contributed by atoms with Gasteiger partial charge >= 0.3 is 5.97 Å². The molecule has 0 spiro atoms. The summed E-state index contributed by atoms with van der Waals surface area (Å²) >= 11 is 0. The van der Waals surface area contributed by atoms with Gasteiger partial charge in [0.25, 0.3) is 0 Å². The monoisotopic (exact) mass is 224 g/mol. The van der Waals surface area contributed by atoms with Crippen molar-refractivity contribution in [1.82, 2.24) is 9.97 Å². The van der Waals surface area contributed by atoms with Crippen LogP contribution in [0.4, 0.5) is 0 Å². The predicted molar refractivity (Wildman–Crippen MR) is 62.9 cm³/mol. The molecule has 0 aliphatic heterocycles. The van der Waals surface area contributed by atoms with E-state index in [2.05, 4.69) is 9.97 Å². The molecule has 0 saturated carbocycles. The third-order valence-corrected chi connectivity index (χ3v) is 2.37. The predicted octanol–water partition coefficient (Wildman–Crippen LogP) is 2.70. The van der Waals surface area contributed by atoms with Gasteiger partial charge in [-0.15, -0.1) is 0 Å². The zero-order valence-corrected chi connectivity index (χ0v) is 10.8. The van der Waals surface area contributed by atoms with Crippen molar-refractivity contribution in [2.45, 2.75) is 52.4 Å². The Morgan fingerprint density at radius 2 is 1.62 bits per heavy atom. The minimum atomic E-state index is -1.01. The number of aromatic amines is 1. The first-order chi connectivity index (χ1) is 7.03. The van der Waals surface area contributed by atoms with E-state index in [4.69, 9.17) is 5.11 Å². The number of H-pyrrole nitrogens is 1. The number of hydrogen-bond donors (Lipinski definition) is 2. The lowest BCUT2D eigenvalue weighted by Gasteiger charge is -2.24. The molecule has 0 atom stereocenters. The van der Waals surface area contributed by atoms with Gasteiger partial charge in [0.05, 0.1) is 5.69 Å². The highest BCUT2D eigenvalue weighted by molar-refractivity contribution is 5.83. The van der Waals surface area contributed by atoms with Gasteiger partial charge in [-0.05, 0) is 0 Å². The number of nitrogens with one attached hydrogen (secondary N) is 1. The van der Waals surface area contributed by atoms with Crippen molar-refractivity contribution in [2.24, 2.45) is 0 Å². The molecule has 1 rings (SSSR count). The van der Waals surface area contributed by atoms with Crippen LogP contribution in [0, 0.1) is 0 Å². The van der Waals surface area contributed by atoms with Crippen LogP contribution in [0.1, 0.15) is 63.5 Å². The van der Waals surface area contributed by atoms with E-state index in [0.29, 0.717) is 0 Å². The van der Waals surface area contributed by atoms with Crippen LogP contribution in [0.3, 0.4) is 0 Å². The van der Waals surface area contributed by atoms with Gasteiger partial charge < -0.3 is 10.1 Å². The maximum atomic E-state index is 10.9. The summed E-state index contributed by atoms with van der Waals surface area (Å²) < 4.78 is 0. The van der Waals surface area contributed by atoms with E-state index < -0.39 is 5.97 Å². The van der Waals surface area contributed by atoms with E-state index in [9.17, 15) is 4.79 Å². The number of imidazole rings is 1. The van der Waals surface area contributed by atoms with Crippen molar-refractivity contribution in [2.75, 3.05) is 0 Å². The van der Waals surface area contributed by atoms with Crippen molar-refractivity contribution in [3.8, 4) is 0 Å². The lowest BCUT2D eigenvalue weighted by atomic mass is 9.82. The van der Waals surface area contributed by atoms with Gasteiger partial charge in [0.1, 0.15) is 0 Å². The van der Waals surface area contributed by atoms with Crippen LogP contribution < -0.4 is 0 Å². The lowest BCUT2D eigenvalue weighted by molar-refractivity contribution is 0.0684. The summed E-state index contributed by atoms with van der Waals surface area (Å²) in [6.45, 7) is 12.2. The Labute approximate surface area is 96.1 Å². The van der Waals surface area contributed by atoms with Crippen molar-refractivity contribution in [3.63, 3.8) is 0 Å². The third-order valence-electron chi connectivity index (χ3n) is 2.37. The smallest absolute Gasteiger partial charge is 0.371 e. The van der Waals surface area contributed by atoms with Crippen molar-refractivity contribution < 1.29 is 9.90 Å². The second-order valence-electron chi connectivity index (χ2n) is 6.11. The molecule has 0 saturated heterocycles. The molecular weight excluding hydrogens is 204 g/mol. The number of aromatic carboxylic acids is 1. The molecule has 0 aliphatic carbocycles. The zero-order valence-electron chi connectivity index (χ0n) is 10.8. The van der Waals surface area contributed by atoms with Crippen LogP contribution in [0.15, 0.2) is 0 Å². The van der Waals surface area contributed by atoms with E-state index in [1.54, 1.807) is 0 Å². The summed E-state index contributed by atoms with van der Waals surface area (Å²) in [5, 5.41) is 8.96. The van der Waals surface area contributed by atoms with Gasteiger partial charge in [-0.25, -0.2) is 9.78 Å². The maximum absolute atomic E-state index is 10.9. The van der Waals surface area contributed by atoms with Crippen molar-refractivity contribution in [1.29, 1.82) is 0 Å². The van der Waals surface area contributed by atoms with E-state index in [0.717, 1.165) is 11.4 Å². The number of nitrogens with zero attached hydrogens (tertiary/aromatic N) is 1. The Bertz CT molecular complexity index is 374. The summed E-state index contributed by atoms with van der Waals surface area (Å²) in [4.78, 5) is 18.0. The molecule has 4 nitrogen and oxygen atoms in total. The molecule has 1 heterocycles. The van der Waals surface area contributed by atoms with Gasteiger partial charge in [0.2, 0.25) is 5.82 Å². The van der Waals surface area contributed by atoms with Crippen LogP contribution in [0.25, 0.3) is 0 Å². The number of carboxylic acids is 1. The third kappa shape index (κ3) is 2.43. The first kappa shape index (κ1) is 12.7. The standard InChI is InChI=1S/C12H20N2O2/c1-11(2,3)7-8(12(4,5)6)14-9(13-7)10(15)16/h1-6H3,(H,13,14)(H,15,16). The van der Waals surface area contributed by atoms with Crippen LogP contribution >= 0.6 is 0 Å². The van der Waals surface area contributed by atoms with Gasteiger partial charge in [0.15, 0.2) is 0 Å². The first-order valence-electron chi connectivity index (χ1n) is 5.37. The number of hydrogen-bond acceptors (Lipinski definition) is 2. The van der Waals surface area contributed by atoms with E-state index in [1.165, 1.54) is 0 Å². The Kier molecular flexibility index (Phi) is 2.88. The summed E-state index contributed by atoms with van der Waals surface area (Å²) in [6, 6.07) is 0. The van der Waals surface area contributed by atoms with Gasteiger partial charge in [-0.3, -0.25) is 0 Å². The SMILES string of the molecule is CC(C)(C)c1nc(C(=O)O)[nH]c1C(C)(C)C. The quantitative estimate of drug-likeness (QED) is 0.770. The fourth-order valence-corrected chi connectivity index (χ4v) is 1.56. The molecular formula is C12H20N2O2. The Morgan fingerprint density at radius 1 is 1.12 bits per heavy atom. The number of carboxylic acid groups (broad SMARTS) is 1. The Hall–Kier alpha value is -1.32. The van der Waals surface area contributed by atoms with E-state index in [1.807, 2.05) is 41.5 Å². The van der Waals surface area contributed by atoms with Gasteiger partial charge in [-0.2, -0.15) is 0 Å². The molecule has 0 unspecified atom stereocenters. The average Bonchev–Trinajstić information content (AvgIpc) is 2.44. The van der Waals surface area contributed by atoms with E-state index >= 15 is 0 Å². The molecule has 16 heavy (non-hydrogen) atoms. The van der Waals surface area contributed by atoms with Crippen LogP contribution in [0.2, 0.25) is 0 Å². The molecule has 0 radical (unpaired) electrons. The van der Waals surface area contributed by atoms with Gasteiger partial charge in [-0.1, -0.05) is 41.5 Å². The Balaban J connectivity index is 3.41. The molecule has 2 N–H and O–H groups in total. The Morgan fingerprint density at radius 3 is 1.88 bits per heavy atom. The summed E-state index contributed by atoms with van der Waals surface area (Å²) in [7, 11) is 0. The van der Waals surface area contributed by atoms with Crippen LogP contribution in [-0.4, -0.2) is 21.0 Å². The molecule has 0 aliphatic rings. The second-order valence-corrected chi connectivity index (χ2v) is 6.11. The number of aromatic nitrogens is 2. The number of rotatable bonds is 1. The van der Waals surface area contributed by atoms with Gasteiger partial charge in [0, 0.05) is 16.5 Å². The fraction of sp³-hybridized carbons (Fsp3) is 0.667. The molecule has 0 amide bonds. The van der Waals surface area contributed by atoms with Crippen molar-refractivity contribution in [3.05, 3.63) is 17.2 Å².